The molecule has 1 aromatic heterocycles. The van der Waals surface area contributed by atoms with Crippen LogP contribution in [0.3, 0.4) is 0 Å². The van der Waals surface area contributed by atoms with E-state index in [1.165, 1.54) is 6.07 Å². The quantitative estimate of drug-likeness (QED) is 0.836. The van der Waals surface area contributed by atoms with Gasteiger partial charge < -0.3 is 10.2 Å². The van der Waals surface area contributed by atoms with Gasteiger partial charge in [-0.3, -0.25) is 4.98 Å². The van der Waals surface area contributed by atoms with Crippen molar-refractivity contribution in [1.29, 1.82) is 0 Å². The molecule has 25 heavy (non-hydrogen) atoms. The fourth-order valence-electron chi connectivity index (χ4n) is 3.08. The Labute approximate surface area is 149 Å². The molecule has 0 bridgehead atoms. The van der Waals surface area contributed by atoms with E-state index >= 15 is 0 Å². The van der Waals surface area contributed by atoms with Crippen molar-refractivity contribution in [2.75, 3.05) is 18.4 Å². The molecule has 2 amide bonds. The Morgan fingerprint density at radius 1 is 1.36 bits per heavy atom. The molecule has 1 aromatic carbocycles. The molecule has 2 aromatic rings. The van der Waals surface area contributed by atoms with E-state index in [9.17, 15) is 13.6 Å². The van der Waals surface area contributed by atoms with Crippen LogP contribution in [0.5, 0.6) is 0 Å². The number of halogens is 3. The van der Waals surface area contributed by atoms with E-state index in [1.54, 1.807) is 24.1 Å². The van der Waals surface area contributed by atoms with E-state index in [0.29, 0.717) is 41.5 Å². The summed E-state index contributed by atoms with van der Waals surface area (Å²) in [6.07, 6.45) is 2.99. The van der Waals surface area contributed by atoms with Crippen LogP contribution in [-0.2, 0) is 0 Å². The van der Waals surface area contributed by atoms with Crippen LogP contribution in [0.25, 0.3) is 0 Å². The third-order valence-electron chi connectivity index (χ3n) is 4.41. The first-order valence-corrected chi connectivity index (χ1v) is 8.45. The summed E-state index contributed by atoms with van der Waals surface area (Å²) >= 11 is 6.15. The summed E-state index contributed by atoms with van der Waals surface area (Å²) < 4.78 is 27.5. The molecule has 1 N–H and O–H groups in total. The zero-order valence-electron chi connectivity index (χ0n) is 13.7. The number of likely N-dealkylation sites (tertiary alicyclic amines) is 1. The van der Waals surface area contributed by atoms with E-state index in [1.807, 2.05) is 0 Å². The molecule has 0 spiro atoms. The van der Waals surface area contributed by atoms with Gasteiger partial charge in [-0.15, -0.1) is 0 Å². The first-order chi connectivity index (χ1) is 12.0. The number of nitrogens with zero attached hydrogens (tertiary/aromatic N) is 2. The predicted molar refractivity (Wildman–Crippen MR) is 92.9 cm³/mol. The molecule has 7 heteroatoms. The number of carbonyl (C=O) groups excluding carboxylic acids is 1. The van der Waals surface area contributed by atoms with Crippen LogP contribution in [0.1, 0.15) is 30.0 Å². The number of amides is 2. The maximum absolute atomic E-state index is 14.0. The van der Waals surface area contributed by atoms with E-state index < -0.39 is 11.6 Å². The molecule has 132 valence electrons. The largest absolute Gasteiger partial charge is 0.324 e. The van der Waals surface area contributed by atoms with Crippen molar-refractivity contribution in [3.8, 4) is 0 Å². The van der Waals surface area contributed by atoms with Gasteiger partial charge in [0.25, 0.3) is 0 Å². The third-order valence-corrected chi connectivity index (χ3v) is 4.89. The molecule has 3 rings (SSSR count). The highest BCUT2D eigenvalue weighted by Gasteiger charge is 2.27. The molecule has 1 aliphatic heterocycles. The number of piperidine rings is 1. The summed E-state index contributed by atoms with van der Waals surface area (Å²) in [5.41, 5.74) is 1.42. The Bertz CT molecular complexity index is 800. The molecule has 1 aliphatic rings. The van der Waals surface area contributed by atoms with Gasteiger partial charge in [-0.1, -0.05) is 11.6 Å². The molecule has 0 unspecified atom stereocenters. The number of aromatic nitrogens is 1. The second kappa shape index (κ2) is 7.35. The highest BCUT2D eigenvalue weighted by Crippen LogP contribution is 2.30. The van der Waals surface area contributed by atoms with Crippen molar-refractivity contribution < 1.29 is 13.6 Å². The molecule has 4 nitrogen and oxygen atoms in total. The Hall–Kier alpha value is -2.21. The lowest BCUT2D eigenvalue weighted by Crippen LogP contribution is -2.41. The fourth-order valence-corrected chi connectivity index (χ4v) is 3.24. The van der Waals surface area contributed by atoms with Crippen molar-refractivity contribution in [3.63, 3.8) is 0 Å². The average molecular weight is 366 g/mol. The molecule has 1 fully saturated rings. The lowest BCUT2D eigenvalue weighted by Gasteiger charge is -2.33. The maximum atomic E-state index is 14.0. The predicted octanol–water partition coefficient (Wildman–Crippen LogP) is 4.73. The van der Waals surface area contributed by atoms with Gasteiger partial charge in [0.15, 0.2) is 0 Å². The summed E-state index contributed by atoms with van der Waals surface area (Å²) in [5, 5.41) is 3.16. The van der Waals surface area contributed by atoms with Crippen LogP contribution < -0.4 is 5.32 Å². The number of anilines is 1. The van der Waals surface area contributed by atoms with E-state index in [-0.39, 0.29) is 11.9 Å². The van der Waals surface area contributed by atoms with Gasteiger partial charge >= 0.3 is 6.03 Å². The SMILES string of the molecule is Cc1nccc(NC(=O)N2CCC[C@@H](c3cc(F)ccc3F)C2)c1Cl. The molecular formula is C18H18ClF2N3O. The summed E-state index contributed by atoms with van der Waals surface area (Å²) in [7, 11) is 0. The second-order valence-corrected chi connectivity index (χ2v) is 6.52. The zero-order chi connectivity index (χ0) is 18.0. The number of aryl methyl sites for hydroxylation is 1. The van der Waals surface area contributed by atoms with Crippen LogP contribution in [-0.4, -0.2) is 29.0 Å². The minimum atomic E-state index is -0.475. The fraction of sp³-hybridized carbons (Fsp3) is 0.333. The van der Waals surface area contributed by atoms with Crippen LogP contribution in [0.15, 0.2) is 30.5 Å². The van der Waals surface area contributed by atoms with Crippen molar-refractivity contribution >= 4 is 23.3 Å². The standard InChI is InChI=1S/C18H18ClF2N3O/c1-11-17(19)16(6-7-22-11)23-18(25)24-8-2-3-12(10-24)14-9-13(20)4-5-15(14)21/h4-7,9,12H,2-3,8,10H2,1H3,(H,22,23,25)/t12-/m1/s1. The minimum absolute atomic E-state index is 0.232. The van der Waals surface area contributed by atoms with Gasteiger partial charge in [-0.05, 0) is 49.6 Å². The minimum Gasteiger partial charge on any atom is -0.324 e. The lowest BCUT2D eigenvalue weighted by molar-refractivity contribution is 0.192. The summed E-state index contributed by atoms with van der Waals surface area (Å²) in [6, 6.07) is 4.75. The number of urea groups is 1. The summed E-state index contributed by atoms with van der Waals surface area (Å²) in [4.78, 5) is 18.2. The summed E-state index contributed by atoms with van der Waals surface area (Å²) in [6.45, 7) is 2.64. The smallest absolute Gasteiger partial charge is 0.321 e. The first-order valence-electron chi connectivity index (χ1n) is 8.07. The van der Waals surface area contributed by atoms with Gasteiger partial charge in [0.1, 0.15) is 11.6 Å². The van der Waals surface area contributed by atoms with Crippen LogP contribution in [0.4, 0.5) is 19.3 Å². The molecule has 0 saturated carbocycles. The normalized spacial score (nSPS) is 17.4. The Morgan fingerprint density at radius 3 is 2.96 bits per heavy atom. The van der Waals surface area contributed by atoms with E-state index in [4.69, 9.17) is 11.6 Å². The van der Waals surface area contributed by atoms with Crippen molar-refractivity contribution in [3.05, 3.63) is 58.4 Å². The number of carbonyl (C=O) groups is 1. The Kier molecular flexibility index (Phi) is 5.18. The van der Waals surface area contributed by atoms with Crippen molar-refractivity contribution in [1.82, 2.24) is 9.88 Å². The van der Waals surface area contributed by atoms with Crippen LogP contribution in [0, 0.1) is 18.6 Å². The molecule has 1 atom stereocenters. The van der Waals surface area contributed by atoms with Gasteiger partial charge in [0.05, 0.1) is 16.4 Å². The highest BCUT2D eigenvalue weighted by molar-refractivity contribution is 6.34. The number of pyridine rings is 1. The lowest BCUT2D eigenvalue weighted by atomic mass is 9.90. The maximum Gasteiger partial charge on any atom is 0.321 e. The topological polar surface area (TPSA) is 45.2 Å². The second-order valence-electron chi connectivity index (χ2n) is 6.14. The van der Waals surface area contributed by atoms with Gasteiger partial charge in [-0.2, -0.15) is 0 Å². The zero-order valence-corrected chi connectivity index (χ0v) is 14.5. The first kappa shape index (κ1) is 17.6. The molecule has 0 radical (unpaired) electrons. The molecule has 0 aliphatic carbocycles. The molecule has 2 heterocycles. The van der Waals surface area contributed by atoms with Crippen molar-refractivity contribution in [2.24, 2.45) is 0 Å². The number of hydrogen-bond acceptors (Lipinski definition) is 2. The van der Waals surface area contributed by atoms with Gasteiger partial charge in [-0.25, -0.2) is 13.6 Å². The average Bonchev–Trinajstić information content (AvgIpc) is 2.61. The number of nitrogens with one attached hydrogen (secondary N) is 1. The molecule has 1 saturated heterocycles. The van der Waals surface area contributed by atoms with E-state index in [0.717, 1.165) is 18.6 Å². The monoisotopic (exact) mass is 365 g/mol. The van der Waals surface area contributed by atoms with Gasteiger partial charge in [0.2, 0.25) is 0 Å². The molecular weight excluding hydrogens is 348 g/mol. The van der Waals surface area contributed by atoms with Crippen LogP contribution in [0.2, 0.25) is 5.02 Å². The Morgan fingerprint density at radius 2 is 2.16 bits per heavy atom. The van der Waals surface area contributed by atoms with E-state index in [2.05, 4.69) is 10.3 Å². The van der Waals surface area contributed by atoms with Gasteiger partial charge in [0, 0.05) is 25.2 Å². The van der Waals surface area contributed by atoms with Crippen molar-refractivity contribution in [2.45, 2.75) is 25.7 Å². The number of benzene rings is 1. The Balaban J connectivity index is 1.73. The summed E-state index contributed by atoms with van der Waals surface area (Å²) in [5.74, 6) is -1.15. The third kappa shape index (κ3) is 3.90. The van der Waals surface area contributed by atoms with Crippen LogP contribution >= 0.6 is 11.6 Å². The highest BCUT2D eigenvalue weighted by atomic mass is 35.5. The number of hydrogen-bond donors (Lipinski definition) is 1. The number of rotatable bonds is 2.